The number of aromatic carboxylic acids is 1. The van der Waals surface area contributed by atoms with Gasteiger partial charge in [-0.3, -0.25) is 4.98 Å². The number of rotatable bonds is 4. The number of carbonyl (C=O) groups excluding carboxylic acids is 1. The maximum absolute atomic E-state index is 11.7. The number of nitrogens with zero attached hydrogens (tertiary/aromatic N) is 1. The average Bonchev–Trinajstić information content (AvgIpc) is 2.81. The van der Waals surface area contributed by atoms with Crippen LogP contribution in [0.25, 0.3) is 0 Å². The highest BCUT2D eigenvalue weighted by atomic mass is 16.4. The largest absolute Gasteiger partial charge is 0.478 e. The lowest BCUT2D eigenvalue weighted by molar-refractivity contribution is 0.0695. The molecule has 0 fully saturated rings. The van der Waals surface area contributed by atoms with Crippen molar-refractivity contribution < 1.29 is 19.1 Å². The Bertz CT molecular complexity index is 661. The number of furan rings is 1. The Balaban J connectivity index is 1.90. The Morgan fingerprint density at radius 3 is 2.67 bits per heavy atom. The van der Waals surface area contributed by atoms with E-state index in [2.05, 4.69) is 15.6 Å². The standard InChI is InChI=1S/C14H15N3O4/c1-8-3-4-10(6-15-8)17-14(20)16-7-11-5-12(13(18)19)9(2)21-11/h3-6H,7H2,1-2H3,(H,18,19)(H2,16,17,20). The topological polar surface area (TPSA) is 104 Å². The van der Waals surface area contributed by atoms with Crippen LogP contribution in [0.2, 0.25) is 0 Å². The van der Waals surface area contributed by atoms with Crippen LogP contribution in [0.4, 0.5) is 10.5 Å². The molecule has 0 saturated heterocycles. The molecule has 2 aromatic heterocycles. The van der Waals surface area contributed by atoms with Gasteiger partial charge in [-0.05, 0) is 32.0 Å². The van der Waals surface area contributed by atoms with Crippen molar-refractivity contribution in [2.24, 2.45) is 0 Å². The Morgan fingerprint density at radius 1 is 1.33 bits per heavy atom. The quantitative estimate of drug-likeness (QED) is 0.801. The molecule has 0 radical (unpaired) electrons. The number of carboxylic acid groups (broad SMARTS) is 1. The van der Waals surface area contributed by atoms with Gasteiger partial charge in [0.2, 0.25) is 0 Å². The first-order valence-electron chi connectivity index (χ1n) is 6.26. The van der Waals surface area contributed by atoms with Crippen molar-refractivity contribution in [1.82, 2.24) is 10.3 Å². The van der Waals surface area contributed by atoms with E-state index in [9.17, 15) is 9.59 Å². The molecule has 7 nitrogen and oxygen atoms in total. The first-order valence-corrected chi connectivity index (χ1v) is 6.26. The Kier molecular flexibility index (Phi) is 4.22. The van der Waals surface area contributed by atoms with Gasteiger partial charge in [-0.15, -0.1) is 0 Å². The summed E-state index contributed by atoms with van der Waals surface area (Å²) in [5.74, 6) is -0.373. The van der Waals surface area contributed by atoms with Crippen LogP contribution in [-0.2, 0) is 6.54 Å². The summed E-state index contributed by atoms with van der Waals surface area (Å²) in [6, 6.07) is 4.49. The van der Waals surface area contributed by atoms with Crippen molar-refractivity contribution in [3.05, 3.63) is 47.2 Å². The minimum absolute atomic E-state index is 0.0925. The third-order valence-electron chi connectivity index (χ3n) is 2.79. The van der Waals surface area contributed by atoms with Crippen molar-refractivity contribution in [3.8, 4) is 0 Å². The van der Waals surface area contributed by atoms with Crippen LogP contribution in [-0.4, -0.2) is 22.1 Å². The lowest BCUT2D eigenvalue weighted by Gasteiger charge is -2.06. The zero-order valence-electron chi connectivity index (χ0n) is 11.6. The third-order valence-corrected chi connectivity index (χ3v) is 2.79. The molecular formula is C14H15N3O4. The van der Waals surface area contributed by atoms with E-state index in [1.54, 1.807) is 25.3 Å². The predicted molar refractivity (Wildman–Crippen MR) is 75.2 cm³/mol. The van der Waals surface area contributed by atoms with Crippen LogP contribution in [0.3, 0.4) is 0 Å². The zero-order chi connectivity index (χ0) is 15.4. The van der Waals surface area contributed by atoms with E-state index in [0.717, 1.165) is 5.69 Å². The van der Waals surface area contributed by atoms with E-state index in [1.807, 2.05) is 6.92 Å². The molecule has 0 unspecified atom stereocenters. The van der Waals surface area contributed by atoms with Crippen LogP contribution in [0, 0.1) is 13.8 Å². The molecule has 3 N–H and O–H groups in total. The van der Waals surface area contributed by atoms with E-state index in [0.29, 0.717) is 17.2 Å². The molecule has 2 heterocycles. The van der Waals surface area contributed by atoms with Gasteiger partial charge in [0, 0.05) is 5.69 Å². The molecule has 7 heteroatoms. The highest BCUT2D eigenvalue weighted by Gasteiger charge is 2.14. The highest BCUT2D eigenvalue weighted by molar-refractivity contribution is 5.89. The summed E-state index contributed by atoms with van der Waals surface area (Å²) in [5, 5.41) is 14.1. The van der Waals surface area contributed by atoms with Gasteiger partial charge < -0.3 is 20.2 Å². The van der Waals surface area contributed by atoms with Crippen LogP contribution in [0.15, 0.2) is 28.8 Å². The van der Waals surface area contributed by atoms with Crippen LogP contribution < -0.4 is 10.6 Å². The van der Waals surface area contributed by atoms with Crippen molar-refractivity contribution in [3.63, 3.8) is 0 Å². The fourth-order valence-electron chi connectivity index (χ4n) is 1.73. The molecular weight excluding hydrogens is 274 g/mol. The molecule has 21 heavy (non-hydrogen) atoms. The fourth-order valence-corrected chi connectivity index (χ4v) is 1.73. The number of hydrogen-bond donors (Lipinski definition) is 3. The summed E-state index contributed by atoms with van der Waals surface area (Å²) in [7, 11) is 0. The number of nitrogens with one attached hydrogen (secondary N) is 2. The van der Waals surface area contributed by atoms with Crippen LogP contribution >= 0.6 is 0 Å². The SMILES string of the molecule is Cc1ccc(NC(=O)NCc2cc(C(=O)O)c(C)o2)cn1. The number of hydrogen-bond acceptors (Lipinski definition) is 4. The van der Waals surface area contributed by atoms with Gasteiger partial charge in [0.15, 0.2) is 0 Å². The lowest BCUT2D eigenvalue weighted by atomic mass is 10.2. The van der Waals surface area contributed by atoms with Gasteiger partial charge in [-0.25, -0.2) is 9.59 Å². The second-order valence-electron chi connectivity index (χ2n) is 4.48. The lowest BCUT2D eigenvalue weighted by Crippen LogP contribution is -2.28. The van der Waals surface area contributed by atoms with Gasteiger partial charge in [0.25, 0.3) is 0 Å². The van der Waals surface area contributed by atoms with Gasteiger partial charge in [-0.1, -0.05) is 0 Å². The number of aromatic nitrogens is 1. The van der Waals surface area contributed by atoms with E-state index >= 15 is 0 Å². The number of carboxylic acids is 1. The normalized spacial score (nSPS) is 10.2. The Labute approximate surface area is 121 Å². The zero-order valence-corrected chi connectivity index (χ0v) is 11.6. The number of aryl methyl sites for hydroxylation is 2. The Morgan fingerprint density at radius 2 is 2.10 bits per heavy atom. The first kappa shape index (κ1) is 14.6. The van der Waals surface area contributed by atoms with Crippen molar-refractivity contribution >= 4 is 17.7 Å². The molecule has 0 spiro atoms. The second-order valence-corrected chi connectivity index (χ2v) is 4.48. The van der Waals surface area contributed by atoms with E-state index in [4.69, 9.17) is 9.52 Å². The number of pyridine rings is 1. The maximum Gasteiger partial charge on any atom is 0.339 e. The molecule has 2 rings (SSSR count). The van der Waals surface area contributed by atoms with Crippen molar-refractivity contribution in [2.45, 2.75) is 20.4 Å². The van der Waals surface area contributed by atoms with E-state index in [1.165, 1.54) is 6.07 Å². The van der Waals surface area contributed by atoms with Crippen molar-refractivity contribution in [2.75, 3.05) is 5.32 Å². The third kappa shape index (κ3) is 3.82. The highest BCUT2D eigenvalue weighted by Crippen LogP contribution is 2.14. The van der Waals surface area contributed by atoms with Gasteiger partial charge in [-0.2, -0.15) is 0 Å². The molecule has 0 saturated carbocycles. The molecule has 0 bridgehead atoms. The summed E-state index contributed by atoms with van der Waals surface area (Å²) in [6.45, 7) is 3.51. The average molecular weight is 289 g/mol. The molecule has 2 aromatic rings. The number of anilines is 1. The maximum atomic E-state index is 11.7. The summed E-state index contributed by atoms with van der Waals surface area (Å²) in [6.07, 6.45) is 1.55. The molecule has 0 aromatic carbocycles. The minimum Gasteiger partial charge on any atom is -0.478 e. The molecule has 0 aliphatic rings. The number of carbonyl (C=O) groups is 2. The van der Waals surface area contributed by atoms with Gasteiger partial charge >= 0.3 is 12.0 Å². The number of urea groups is 1. The van der Waals surface area contributed by atoms with Gasteiger partial charge in [0.1, 0.15) is 17.1 Å². The molecule has 110 valence electrons. The summed E-state index contributed by atoms with van der Waals surface area (Å²) >= 11 is 0. The summed E-state index contributed by atoms with van der Waals surface area (Å²) in [4.78, 5) is 26.6. The first-order chi connectivity index (χ1) is 9.95. The minimum atomic E-state index is -1.06. The molecule has 0 aliphatic carbocycles. The van der Waals surface area contributed by atoms with Crippen LogP contribution in [0.1, 0.15) is 27.6 Å². The van der Waals surface area contributed by atoms with Gasteiger partial charge in [0.05, 0.1) is 18.4 Å². The molecule has 0 atom stereocenters. The monoisotopic (exact) mass is 289 g/mol. The molecule has 0 aliphatic heterocycles. The van der Waals surface area contributed by atoms with Crippen LogP contribution in [0.5, 0.6) is 0 Å². The molecule has 2 amide bonds. The number of amides is 2. The predicted octanol–water partition coefficient (Wildman–Crippen LogP) is 2.31. The second kappa shape index (κ2) is 6.08. The van der Waals surface area contributed by atoms with Crippen molar-refractivity contribution in [1.29, 1.82) is 0 Å². The fraction of sp³-hybridized carbons (Fsp3) is 0.214. The summed E-state index contributed by atoms with van der Waals surface area (Å²) < 4.78 is 5.26. The smallest absolute Gasteiger partial charge is 0.339 e. The summed E-state index contributed by atoms with van der Waals surface area (Å²) in [5.41, 5.74) is 1.52. The Hall–Kier alpha value is -2.83. The van der Waals surface area contributed by atoms with E-state index < -0.39 is 12.0 Å². The van der Waals surface area contributed by atoms with E-state index in [-0.39, 0.29) is 12.1 Å².